The van der Waals surface area contributed by atoms with Gasteiger partial charge in [0.15, 0.2) is 0 Å². The van der Waals surface area contributed by atoms with Crippen LogP contribution >= 0.6 is 12.4 Å². The van der Waals surface area contributed by atoms with Gasteiger partial charge in [-0.25, -0.2) is 8.42 Å². The first-order chi connectivity index (χ1) is 10.1. The maximum Gasteiger partial charge on any atom is 0.243 e. The van der Waals surface area contributed by atoms with Crippen molar-refractivity contribution in [3.8, 4) is 5.75 Å². The summed E-state index contributed by atoms with van der Waals surface area (Å²) in [6.07, 6.45) is 3.56. The van der Waals surface area contributed by atoms with E-state index in [4.69, 9.17) is 4.74 Å². The Hall–Kier alpha value is -0.820. The Morgan fingerprint density at radius 3 is 2.73 bits per heavy atom. The van der Waals surface area contributed by atoms with Crippen LogP contribution in [0.25, 0.3) is 0 Å². The van der Waals surface area contributed by atoms with Crippen molar-refractivity contribution in [1.82, 2.24) is 9.62 Å². The Kier molecular flexibility index (Phi) is 5.71. The summed E-state index contributed by atoms with van der Waals surface area (Å²) in [5, 5.41) is 3.26. The highest BCUT2D eigenvalue weighted by Crippen LogP contribution is 2.29. The van der Waals surface area contributed by atoms with Gasteiger partial charge in [0.2, 0.25) is 10.0 Å². The van der Waals surface area contributed by atoms with Crippen LogP contribution in [0.2, 0.25) is 0 Å². The number of sulfonamides is 1. The van der Waals surface area contributed by atoms with Crippen LogP contribution in [0.5, 0.6) is 5.75 Å². The molecule has 2 aliphatic rings. The maximum absolute atomic E-state index is 12.8. The number of nitrogens with zero attached hydrogens (tertiary/aromatic N) is 1. The van der Waals surface area contributed by atoms with Gasteiger partial charge in [0, 0.05) is 13.1 Å². The van der Waals surface area contributed by atoms with Crippen LogP contribution in [0.15, 0.2) is 23.1 Å². The van der Waals surface area contributed by atoms with Crippen LogP contribution in [0, 0.1) is 0 Å². The van der Waals surface area contributed by atoms with E-state index in [0.717, 1.165) is 50.1 Å². The molecule has 0 aromatic heterocycles. The van der Waals surface area contributed by atoms with E-state index in [1.54, 1.807) is 29.6 Å². The summed E-state index contributed by atoms with van der Waals surface area (Å²) in [5.41, 5.74) is 1.00. The van der Waals surface area contributed by atoms with Crippen LogP contribution in [-0.2, 0) is 16.4 Å². The van der Waals surface area contributed by atoms with Gasteiger partial charge in [-0.05, 0) is 62.5 Å². The summed E-state index contributed by atoms with van der Waals surface area (Å²) < 4.78 is 32.7. The molecular formula is C15H23ClN2O3S. The quantitative estimate of drug-likeness (QED) is 0.906. The number of aryl methyl sites for hydroxylation is 1. The molecule has 0 saturated carbocycles. The van der Waals surface area contributed by atoms with E-state index in [9.17, 15) is 8.42 Å². The van der Waals surface area contributed by atoms with E-state index >= 15 is 0 Å². The maximum atomic E-state index is 12.8. The number of hydrogen-bond donors (Lipinski definition) is 1. The van der Waals surface area contributed by atoms with Gasteiger partial charge in [-0.2, -0.15) is 4.31 Å². The molecule has 124 valence electrons. The number of rotatable bonds is 3. The fraction of sp³-hybridized carbons (Fsp3) is 0.600. The summed E-state index contributed by atoms with van der Waals surface area (Å²) in [6.45, 7) is 2.47. The molecular weight excluding hydrogens is 324 g/mol. The molecule has 1 aromatic rings. The molecule has 2 heterocycles. The van der Waals surface area contributed by atoms with Crippen LogP contribution in [0.3, 0.4) is 0 Å². The highest BCUT2D eigenvalue weighted by Gasteiger charge is 2.29. The Balaban J connectivity index is 0.00000176. The van der Waals surface area contributed by atoms with Gasteiger partial charge in [0.25, 0.3) is 0 Å². The lowest BCUT2D eigenvalue weighted by Crippen LogP contribution is -2.43. The van der Waals surface area contributed by atoms with Crippen LogP contribution < -0.4 is 10.1 Å². The van der Waals surface area contributed by atoms with Crippen molar-refractivity contribution in [3.05, 3.63) is 23.8 Å². The van der Waals surface area contributed by atoms with Gasteiger partial charge in [0.1, 0.15) is 5.75 Å². The fourth-order valence-corrected chi connectivity index (χ4v) is 4.50. The largest absolute Gasteiger partial charge is 0.493 e. The summed E-state index contributed by atoms with van der Waals surface area (Å²) in [6, 6.07) is 5.32. The van der Waals surface area contributed by atoms with E-state index in [0.29, 0.717) is 11.5 Å². The van der Waals surface area contributed by atoms with Gasteiger partial charge < -0.3 is 10.1 Å². The van der Waals surface area contributed by atoms with Gasteiger partial charge in [-0.3, -0.25) is 0 Å². The normalized spacial score (nSPS) is 19.2. The van der Waals surface area contributed by atoms with E-state index in [-0.39, 0.29) is 18.4 Å². The lowest BCUT2D eigenvalue weighted by Gasteiger charge is -2.31. The average Bonchev–Trinajstić information content (AvgIpc) is 2.54. The minimum absolute atomic E-state index is 0. The minimum Gasteiger partial charge on any atom is -0.493 e. The third-order valence-corrected chi connectivity index (χ3v) is 6.29. The molecule has 22 heavy (non-hydrogen) atoms. The van der Waals surface area contributed by atoms with Gasteiger partial charge in [0.05, 0.1) is 11.5 Å². The first-order valence-corrected chi connectivity index (χ1v) is 8.97. The monoisotopic (exact) mass is 346 g/mol. The summed E-state index contributed by atoms with van der Waals surface area (Å²) in [7, 11) is -1.73. The zero-order valence-electron chi connectivity index (χ0n) is 12.7. The average molecular weight is 347 g/mol. The second-order valence-electron chi connectivity index (χ2n) is 5.72. The van der Waals surface area contributed by atoms with Crippen molar-refractivity contribution in [2.45, 2.75) is 36.6 Å². The van der Waals surface area contributed by atoms with E-state index in [1.807, 2.05) is 0 Å². The van der Waals surface area contributed by atoms with E-state index in [1.165, 1.54) is 0 Å². The number of halogens is 1. The second kappa shape index (κ2) is 7.17. The van der Waals surface area contributed by atoms with E-state index < -0.39 is 10.0 Å². The lowest BCUT2D eigenvalue weighted by molar-refractivity contribution is 0.287. The van der Waals surface area contributed by atoms with Crippen molar-refractivity contribution in [3.63, 3.8) is 0 Å². The summed E-state index contributed by atoms with van der Waals surface area (Å²) >= 11 is 0. The highest BCUT2D eigenvalue weighted by molar-refractivity contribution is 7.89. The first-order valence-electron chi connectivity index (χ1n) is 7.53. The predicted molar refractivity (Wildman–Crippen MR) is 88.3 cm³/mol. The third-order valence-electron chi connectivity index (χ3n) is 4.38. The van der Waals surface area contributed by atoms with Crippen molar-refractivity contribution in [2.24, 2.45) is 0 Å². The topological polar surface area (TPSA) is 58.6 Å². The van der Waals surface area contributed by atoms with E-state index in [2.05, 4.69) is 5.32 Å². The first kappa shape index (κ1) is 17.5. The molecule has 0 radical (unpaired) electrons. The van der Waals surface area contributed by atoms with Crippen molar-refractivity contribution >= 4 is 22.4 Å². The van der Waals surface area contributed by atoms with Crippen LogP contribution in [0.1, 0.15) is 24.8 Å². The minimum atomic E-state index is -3.42. The molecule has 0 atom stereocenters. The van der Waals surface area contributed by atoms with Crippen LogP contribution in [0.4, 0.5) is 0 Å². The molecule has 3 rings (SSSR count). The highest BCUT2D eigenvalue weighted by atomic mass is 35.5. The van der Waals surface area contributed by atoms with Gasteiger partial charge >= 0.3 is 0 Å². The number of benzene rings is 1. The Labute approximate surface area is 138 Å². The zero-order valence-corrected chi connectivity index (χ0v) is 14.4. The molecule has 5 nitrogen and oxygen atoms in total. The third kappa shape index (κ3) is 3.40. The smallest absolute Gasteiger partial charge is 0.243 e. The van der Waals surface area contributed by atoms with Crippen LogP contribution in [-0.4, -0.2) is 45.5 Å². The lowest BCUT2D eigenvalue weighted by atomic mass is 10.1. The number of nitrogens with one attached hydrogen (secondary N) is 1. The van der Waals surface area contributed by atoms with Crippen molar-refractivity contribution < 1.29 is 13.2 Å². The van der Waals surface area contributed by atoms with Gasteiger partial charge in [-0.15, -0.1) is 12.4 Å². The Morgan fingerprint density at radius 2 is 2.00 bits per heavy atom. The number of fused-ring (bicyclic) bond motifs is 1. The molecule has 0 aliphatic carbocycles. The Bertz CT molecular complexity index is 615. The molecule has 0 bridgehead atoms. The predicted octanol–water partition coefficient (Wildman–Crippen LogP) is 1.81. The molecule has 7 heteroatoms. The van der Waals surface area contributed by atoms with Gasteiger partial charge in [-0.1, -0.05) is 0 Å². The number of piperidine rings is 1. The summed E-state index contributed by atoms with van der Waals surface area (Å²) in [5.74, 6) is 0.824. The summed E-state index contributed by atoms with van der Waals surface area (Å²) in [4.78, 5) is 0.382. The molecule has 0 amide bonds. The standard InChI is InChI=1S/C15H22N2O3S.ClH/c1-17(13-6-8-16-9-7-13)21(18,19)14-4-5-15-12(11-14)3-2-10-20-15;/h4-5,11,13,16H,2-3,6-10H2,1H3;1H. The molecule has 1 fully saturated rings. The molecule has 1 saturated heterocycles. The molecule has 0 unspecified atom stereocenters. The number of hydrogen-bond acceptors (Lipinski definition) is 4. The SMILES string of the molecule is CN(C1CCNCC1)S(=O)(=O)c1ccc2c(c1)CCCO2.Cl. The molecule has 1 N–H and O–H groups in total. The van der Waals surface area contributed by atoms with Crippen molar-refractivity contribution in [2.75, 3.05) is 26.7 Å². The molecule has 0 spiro atoms. The van der Waals surface area contributed by atoms with Crippen molar-refractivity contribution in [1.29, 1.82) is 0 Å². The second-order valence-corrected chi connectivity index (χ2v) is 7.72. The fourth-order valence-electron chi connectivity index (χ4n) is 3.03. The number of ether oxygens (including phenoxy) is 1. The zero-order chi connectivity index (χ0) is 14.9. The molecule has 1 aromatic carbocycles. The Morgan fingerprint density at radius 1 is 1.27 bits per heavy atom. The molecule has 2 aliphatic heterocycles.